The highest BCUT2D eigenvalue weighted by molar-refractivity contribution is 5.82. The molecular formula is C13H19F3N2O3. The molecule has 0 aromatic rings. The largest absolute Gasteiger partial charge is 0.471 e. The first-order chi connectivity index (χ1) is 9.43. The van der Waals surface area contributed by atoms with Gasteiger partial charge in [-0.25, -0.2) is 4.79 Å². The Hall–Kier alpha value is -1.47. The van der Waals surface area contributed by atoms with Crippen LogP contribution in [0.15, 0.2) is 0 Å². The smallest absolute Gasteiger partial charge is 0.465 e. The Balaban J connectivity index is 2.18. The Morgan fingerprint density at radius 3 is 2.14 bits per heavy atom. The summed E-state index contributed by atoms with van der Waals surface area (Å²) in [4.78, 5) is 24.7. The number of amides is 2. The van der Waals surface area contributed by atoms with Crippen molar-refractivity contribution in [2.45, 2.75) is 45.5 Å². The molecule has 5 nitrogen and oxygen atoms in total. The standard InChI is InChI=1S/C13H19F3N2O3/c1-12(2,3)9-4-7-5-17(10(19)13(14,15)16)6-8(7)18(9)11(20)21/h7-9H,4-6H2,1-3H3,(H,20,21)/t7-,8+,9?/m0/s1. The lowest BCUT2D eigenvalue weighted by Crippen LogP contribution is -2.49. The molecule has 0 saturated carbocycles. The van der Waals surface area contributed by atoms with Crippen LogP contribution in [0.4, 0.5) is 18.0 Å². The summed E-state index contributed by atoms with van der Waals surface area (Å²) in [6.45, 7) is 5.52. The minimum atomic E-state index is -4.91. The molecule has 2 amide bonds. The van der Waals surface area contributed by atoms with Gasteiger partial charge < -0.3 is 10.0 Å². The van der Waals surface area contributed by atoms with Crippen LogP contribution >= 0.6 is 0 Å². The summed E-state index contributed by atoms with van der Waals surface area (Å²) in [5.41, 5.74) is -0.290. The first kappa shape index (κ1) is 15.9. The number of alkyl halides is 3. The van der Waals surface area contributed by atoms with Crippen molar-refractivity contribution >= 4 is 12.0 Å². The van der Waals surface area contributed by atoms with Gasteiger partial charge in [0.15, 0.2) is 0 Å². The normalized spacial score (nSPS) is 29.7. The van der Waals surface area contributed by atoms with Crippen molar-refractivity contribution in [2.24, 2.45) is 11.3 Å². The number of likely N-dealkylation sites (tertiary alicyclic amines) is 2. The fourth-order valence-electron chi connectivity index (χ4n) is 3.42. The Bertz CT molecular complexity index is 459. The summed E-state index contributed by atoms with van der Waals surface area (Å²) >= 11 is 0. The number of carbonyl (C=O) groups excluding carboxylic acids is 1. The highest BCUT2D eigenvalue weighted by Crippen LogP contribution is 2.43. The monoisotopic (exact) mass is 308 g/mol. The molecular weight excluding hydrogens is 289 g/mol. The second-order valence-corrected chi connectivity index (χ2v) is 6.84. The second kappa shape index (κ2) is 4.78. The van der Waals surface area contributed by atoms with Crippen LogP contribution in [0.5, 0.6) is 0 Å². The SMILES string of the molecule is CC(C)(C)C1C[C@H]2CN(C(=O)C(F)(F)F)C[C@H]2N1C(=O)O. The summed E-state index contributed by atoms with van der Waals surface area (Å²) in [7, 11) is 0. The molecule has 2 aliphatic heterocycles. The minimum Gasteiger partial charge on any atom is -0.465 e. The van der Waals surface area contributed by atoms with Crippen molar-refractivity contribution in [1.29, 1.82) is 0 Å². The van der Waals surface area contributed by atoms with Gasteiger partial charge in [0.1, 0.15) is 0 Å². The highest BCUT2D eigenvalue weighted by atomic mass is 19.4. The van der Waals surface area contributed by atoms with Gasteiger partial charge in [0.25, 0.3) is 0 Å². The zero-order chi connectivity index (χ0) is 16.2. The van der Waals surface area contributed by atoms with E-state index in [1.54, 1.807) is 0 Å². The molecule has 0 spiro atoms. The van der Waals surface area contributed by atoms with E-state index in [9.17, 15) is 27.9 Å². The van der Waals surface area contributed by atoms with Crippen LogP contribution in [0, 0.1) is 11.3 Å². The summed E-state index contributed by atoms with van der Waals surface area (Å²) in [6.07, 6.45) is -5.55. The third-order valence-corrected chi connectivity index (χ3v) is 4.38. The van der Waals surface area contributed by atoms with E-state index >= 15 is 0 Å². The van der Waals surface area contributed by atoms with Crippen molar-refractivity contribution in [3.63, 3.8) is 0 Å². The topological polar surface area (TPSA) is 60.9 Å². The lowest BCUT2D eigenvalue weighted by atomic mass is 9.84. The number of carboxylic acid groups (broad SMARTS) is 1. The predicted molar refractivity (Wildman–Crippen MR) is 67.6 cm³/mol. The van der Waals surface area contributed by atoms with Crippen molar-refractivity contribution in [1.82, 2.24) is 9.80 Å². The van der Waals surface area contributed by atoms with E-state index in [0.29, 0.717) is 6.42 Å². The predicted octanol–water partition coefficient (Wildman–Crippen LogP) is 2.17. The van der Waals surface area contributed by atoms with Gasteiger partial charge in [0, 0.05) is 25.0 Å². The third kappa shape index (κ3) is 2.80. The van der Waals surface area contributed by atoms with Gasteiger partial charge in [-0.05, 0) is 11.8 Å². The fourth-order valence-corrected chi connectivity index (χ4v) is 3.42. The molecule has 0 aliphatic carbocycles. The Morgan fingerprint density at radius 2 is 1.71 bits per heavy atom. The third-order valence-electron chi connectivity index (χ3n) is 4.38. The highest BCUT2D eigenvalue weighted by Gasteiger charge is 2.55. The molecule has 1 N–H and O–H groups in total. The van der Waals surface area contributed by atoms with Crippen LogP contribution in [-0.4, -0.2) is 58.3 Å². The molecule has 3 atom stereocenters. The van der Waals surface area contributed by atoms with Gasteiger partial charge in [0.2, 0.25) is 0 Å². The van der Waals surface area contributed by atoms with Crippen LogP contribution in [-0.2, 0) is 4.79 Å². The first-order valence-electron chi connectivity index (χ1n) is 6.80. The summed E-state index contributed by atoms with van der Waals surface area (Å²) < 4.78 is 37.4. The van der Waals surface area contributed by atoms with E-state index in [1.165, 1.54) is 4.90 Å². The van der Waals surface area contributed by atoms with E-state index in [4.69, 9.17) is 0 Å². The summed E-state index contributed by atoms with van der Waals surface area (Å²) in [5, 5.41) is 9.38. The summed E-state index contributed by atoms with van der Waals surface area (Å²) in [5.74, 6) is -2.11. The van der Waals surface area contributed by atoms with Crippen LogP contribution in [0.25, 0.3) is 0 Å². The number of halogens is 3. The van der Waals surface area contributed by atoms with Gasteiger partial charge in [-0.1, -0.05) is 20.8 Å². The van der Waals surface area contributed by atoms with Gasteiger partial charge in [-0.15, -0.1) is 0 Å². The molecule has 0 aromatic carbocycles. The maximum atomic E-state index is 12.5. The van der Waals surface area contributed by atoms with E-state index < -0.39 is 24.2 Å². The van der Waals surface area contributed by atoms with Crippen molar-refractivity contribution < 1.29 is 27.9 Å². The quantitative estimate of drug-likeness (QED) is 0.746. The van der Waals surface area contributed by atoms with Crippen molar-refractivity contribution in [2.75, 3.05) is 13.1 Å². The van der Waals surface area contributed by atoms with E-state index in [0.717, 1.165) is 4.90 Å². The Morgan fingerprint density at radius 1 is 1.14 bits per heavy atom. The average molecular weight is 308 g/mol. The van der Waals surface area contributed by atoms with Crippen molar-refractivity contribution in [3.8, 4) is 0 Å². The molecule has 0 aromatic heterocycles. The Labute approximate surface area is 120 Å². The fraction of sp³-hybridized carbons (Fsp3) is 0.846. The van der Waals surface area contributed by atoms with Crippen LogP contribution in [0.2, 0.25) is 0 Å². The maximum absolute atomic E-state index is 12.5. The van der Waals surface area contributed by atoms with Crippen LogP contribution in [0.3, 0.4) is 0 Å². The molecule has 0 radical (unpaired) electrons. The lowest BCUT2D eigenvalue weighted by Gasteiger charge is -2.36. The van der Waals surface area contributed by atoms with Gasteiger partial charge in [-0.3, -0.25) is 9.69 Å². The molecule has 2 saturated heterocycles. The van der Waals surface area contributed by atoms with Gasteiger partial charge in [0.05, 0.1) is 6.04 Å². The molecule has 1 unspecified atom stereocenters. The number of hydrogen-bond donors (Lipinski definition) is 1. The van der Waals surface area contributed by atoms with Gasteiger partial charge in [-0.2, -0.15) is 13.2 Å². The number of rotatable bonds is 0. The molecule has 2 fully saturated rings. The maximum Gasteiger partial charge on any atom is 0.471 e. The first-order valence-corrected chi connectivity index (χ1v) is 6.80. The average Bonchev–Trinajstić information content (AvgIpc) is 2.80. The van der Waals surface area contributed by atoms with E-state index in [-0.39, 0.29) is 30.5 Å². The molecule has 21 heavy (non-hydrogen) atoms. The zero-order valence-electron chi connectivity index (χ0n) is 12.1. The Kier molecular flexibility index (Phi) is 3.62. The second-order valence-electron chi connectivity index (χ2n) is 6.84. The summed E-state index contributed by atoms with van der Waals surface area (Å²) in [6, 6.07) is -0.786. The molecule has 2 heterocycles. The molecule has 120 valence electrons. The van der Waals surface area contributed by atoms with Crippen molar-refractivity contribution in [3.05, 3.63) is 0 Å². The van der Waals surface area contributed by atoms with Gasteiger partial charge >= 0.3 is 18.2 Å². The molecule has 0 bridgehead atoms. The van der Waals surface area contributed by atoms with Crippen LogP contribution in [0.1, 0.15) is 27.2 Å². The van der Waals surface area contributed by atoms with Crippen LogP contribution < -0.4 is 0 Å². The number of fused-ring (bicyclic) bond motifs is 1. The number of nitrogens with zero attached hydrogens (tertiary/aromatic N) is 2. The zero-order valence-corrected chi connectivity index (χ0v) is 12.1. The number of carbonyl (C=O) groups is 2. The van der Waals surface area contributed by atoms with E-state index in [2.05, 4.69) is 0 Å². The molecule has 2 rings (SSSR count). The lowest BCUT2D eigenvalue weighted by molar-refractivity contribution is -0.184. The number of hydrogen-bond acceptors (Lipinski definition) is 2. The minimum absolute atomic E-state index is 0.0284. The van der Waals surface area contributed by atoms with E-state index in [1.807, 2.05) is 20.8 Å². The molecule has 2 aliphatic rings. The molecule has 8 heteroatoms.